The van der Waals surface area contributed by atoms with Crippen LogP contribution in [-0.2, 0) is 22.7 Å². The molecule has 17 heteroatoms. The Balaban J connectivity index is 1.42. The molecule has 0 bridgehead atoms. The second kappa shape index (κ2) is 11.4. The molecule has 42 heavy (non-hydrogen) atoms. The lowest BCUT2D eigenvalue weighted by Gasteiger charge is -2.16. The van der Waals surface area contributed by atoms with Gasteiger partial charge in [-0.25, -0.2) is 24.1 Å². The zero-order valence-corrected chi connectivity index (χ0v) is 22.5. The molecule has 3 aromatic heterocycles. The molecule has 2 amide bonds. The van der Waals surface area contributed by atoms with Crippen molar-refractivity contribution in [3.8, 4) is 17.1 Å². The number of hydrogen-bond acceptors (Lipinski definition) is 8. The first-order chi connectivity index (χ1) is 19.9. The lowest BCUT2D eigenvalue weighted by Crippen LogP contribution is -2.40. The Hall–Kier alpha value is -4.57. The lowest BCUT2D eigenvalue weighted by molar-refractivity contribution is -0.207. The van der Waals surface area contributed by atoms with Gasteiger partial charge in [-0.3, -0.25) is 14.2 Å². The van der Waals surface area contributed by atoms with Crippen molar-refractivity contribution in [2.75, 3.05) is 5.32 Å². The molecule has 3 atom stereocenters. The van der Waals surface area contributed by atoms with Crippen LogP contribution in [-0.4, -0.2) is 69.3 Å². The molecule has 1 aliphatic rings. The number of hydrogen-bond donors (Lipinski definition) is 3. The van der Waals surface area contributed by atoms with E-state index in [9.17, 15) is 32.7 Å². The van der Waals surface area contributed by atoms with E-state index >= 15 is 0 Å². The minimum Gasteiger partial charge on any atom is -0.382 e. The minimum absolute atomic E-state index is 0.0681. The molecule has 1 aromatic carbocycles. The maximum Gasteiger partial charge on any atom is 0.416 e. The van der Waals surface area contributed by atoms with Gasteiger partial charge in [-0.05, 0) is 42.3 Å². The highest BCUT2D eigenvalue weighted by atomic mass is 35.5. The number of carbonyl (C=O) groups is 2. The van der Waals surface area contributed by atoms with Gasteiger partial charge >= 0.3 is 11.9 Å². The van der Waals surface area contributed by atoms with E-state index in [1.165, 1.54) is 41.5 Å². The monoisotopic (exact) mass is 605 g/mol. The van der Waals surface area contributed by atoms with E-state index in [2.05, 4.69) is 30.8 Å². The van der Waals surface area contributed by atoms with Crippen LogP contribution in [0.25, 0.3) is 17.1 Å². The molecule has 220 valence electrons. The molecular formula is C25H23ClF3N9O4. The largest absolute Gasteiger partial charge is 0.416 e. The Labute approximate surface area is 240 Å². The van der Waals surface area contributed by atoms with Crippen LogP contribution in [0.1, 0.15) is 19.2 Å². The van der Waals surface area contributed by atoms with Crippen molar-refractivity contribution in [3.63, 3.8) is 0 Å². The summed E-state index contributed by atoms with van der Waals surface area (Å²) in [7, 11) is 0. The van der Waals surface area contributed by atoms with Crippen LogP contribution in [0.3, 0.4) is 0 Å². The molecule has 1 saturated heterocycles. The molecule has 0 radical (unpaired) electrons. The van der Waals surface area contributed by atoms with Gasteiger partial charge in [0.1, 0.15) is 24.6 Å². The number of pyridine rings is 1. The van der Waals surface area contributed by atoms with E-state index in [1.54, 1.807) is 19.1 Å². The first-order valence-corrected chi connectivity index (χ1v) is 12.9. The summed E-state index contributed by atoms with van der Waals surface area (Å²) in [6, 6.07) is 8.41. The van der Waals surface area contributed by atoms with Crippen LogP contribution < -0.4 is 16.3 Å². The Morgan fingerprint density at radius 3 is 2.60 bits per heavy atom. The molecule has 0 saturated carbocycles. The zero-order valence-electron chi connectivity index (χ0n) is 21.8. The van der Waals surface area contributed by atoms with E-state index in [4.69, 9.17) is 11.6 Å². The Bertz CT molecular complexity index is 1680. The summed E-state index contributed by atoms with van der Waals surface area (Å²) < 4.78 is 42.3. The summed E-state index contributed by atoms with van der Waals surface area (Å²) in [6.45, 7) is 0.368. The van der Waals surface area contributed by atoms with Gasteiger partial charge in [-0.15, -0.1) is 10.2 Å². The first kappa shape index (κ1) is 28.9. The number of nitrogens with zero attached hydrogens (tertiary/aromatic N) is 7. The van der Waals surface area contributed by atoms with Gasteiger partial charge in [0.2, 0.25) is 11.8 Å². The minimum atomic E-state index is -4.96. The Morgan fingerprint density at radius 2 is 1.93 bits per heavy atom. The SMILES string of the molecule is CC1CC(=O)NC1C(=O)Nc1ncccc1-n1cnc(Cn2nc(-c3ccc(Cl)cc3)n(C[C@H](O)C(F)(F)F)c2=O)n1. The van der Waals surface area contributed by atoms with Crippen molar-refractivity contribution in [2.24, 2.45) is 5.92 Å². The van der Waals surface area contributed by atoms with Crippen molar-refractivity contribution in [3.05, 3.63) is 70.3 Å². The van der Waals surface area contributed by atoms with Crippen LogP contribution >= 0.6 is 11.6 Å². The second-order valence-electron chi connectivity index (χ2n) is 9.63. The lowest BCUT2D eigenvalue weighted by atomic mass is 10.0. The molecule has 5 rings (SSSR count). The number of amides is 2. The molecule has 0 spiro atoms. The highest BCUT2D eigenvalue weighted by Gasteiger charge is 2.39. The van der Waals surface area contributed by atoms with Crippen molar-refractivity contribution in [2.45, 2.75) is 44.8 Å². The van der Waals surface area contributed by atoms with Crippen molar-refractivity contribution in [1.82, 2.24) is 39.4 Å². The normalized spacial score (nSPS) is 17.7. The number of nitrogens with one attached hydrogen (secondary N) is 2. The number of halogens is 4. The average molecular weight is 606 g/mol. The predicted octanol–water partition coefficient (Wildman–Crippen LogP) is 1.78. The third-order valence-corrected chi connectivity index (χ3v) is 6.79. The number of aromatic nitrogens is 7. The molecule has 13 nitrogen and oxygen atoms in total. The van der Waals surface area contributed by atoms with Gasteiger partial charge < -0.3 is 15.7 Å². The van der Waals surface area contributed by atoms with E-state index in [1.807, 2.05) is 0 Å². The highest BCUT2D eigenvalue weighted by Crippen LogP contribution is 2.24. The number of anilines is 1. The number of aliphatic hydroxyl groups is 1. The van der Waals surface area contributed by atoms with Crippen molar-refractivity contribution in [1.29, 1.82) is 0 Å². The second-order valence-corrected chi connectivity index (χ2v) is 10.1. The van der Waals surface area contributed by atoms with E-state index < -0.39 is 36.5 Å². The van der Waals surface area contributed by atoms with E-state index in [0.717, 1.165) is 9.25 Å². The number of carbonyl (C=O) groups excluding carboxylic acids is 2. The fourth-order valence-electron chi connectivity index (χ4n) is 4.40. The first-order valence-electron chi connectivity index (χ1n) is 12.5. The van der Waals surface area contributed by atoms with Gasteiger partial charge in [-0.1, -0.05) is 18.5 Å². The topological polar surface area (TPSA) is 162 Å². The molecule has 2 unspecified atom stereocenters. The summed E-state index contributed by atoms with van der Waals surface area (Å²) in [6.07, 6.45) is -4.79. The Kier molecular flexibility index (Phi) is 7.83. The molecule has 1 aliphatic heterocycles. The standard InChI is InChI=1S/C25H23ClF3N9O4/c1-13-9-19(40)32-20(13)23(41)33-21-16(3-2-8-30-21)38-12-31-18(34-38)11-37-24(42)36(10-17(39)25(27,28)29)22(35-37)14-4-6-15(26)7-5-14/h2-8,12-13,17,20,39H,9-11H2,1H3,(H,32,40)(H,30,33,41)/t13?,17-,20?/m0/s1. The molecular weight excluding hydrogens is 583 g/mol. The number of alkyl halides is 3. The highest BCUT2D eigenvalue weighted by molar-refractivity contribution is 6.30. The Morgan fingerprint density at radius 1 is 1.19 bits per heavy atom. The molecule has 1 fully saturated rings. The number of rotatable bonds is 8. The summed E-state index contributed by atoms with van der Waals surface area (Å²) >= 11 is 5.92. The third-order valence-electron chi connectivity index (χ3n) is 6.54. The van der Waals surface area contributed by atoms with Gasteiger partial charge in [0.25, 0.3) is 0 Å². The van der Waals surface area contributed by atoms with Gasteiger partial charge in [0.05, 0.1) is 6.54 Å². The maximum atomic E-state index is 13.1. The molecule has 4 aromatic rings. The fraction of sp³-hybridized carbons (Fsp3) is 0.320. The quantitative estimate of drug-likeness (QED) is 0.274. The van der Waals surface area contributed by atoms with Crippen LogP contribution in [0.5, 0.6) is 0 Å². The van der Waals surface area contributed by atoms with E-state index in [-0.39, 0.29) is 42.3 Å². The number of benzene rings is 1. The van der Waals surface area contributed by atoms with Crippen LogP contribution in [0.2, 0.25) is 5.02 Å². The molecule has 0 aliphatic carbocycles. The molecule has 4 heterocycles. The third kappa shape index (κ3) is 6.03. The van der Waals surface area contributed by atoms with Crippen LogP contribution in [0.4, 0.5) is 19.0 Å². The summed E-state index contributed by atoms with van der Waals surface area (Å²) in [5.41, 5.74) is -0.303. The predicted molar refractivity (Wildman–Crippen MR) is 142 cm³/mol. The summed E-state index contributed by atoms with van der Waals surface area (Å²) in [5, 5.41) is 23.8. The van der Waals surface area contributed by atoms with E-state index in [0.29, 0.717) is 16.3 Å². The average Bonchev–Trinajstić information content (AvgIpc) is 3.62. The molecule has 3 N–H and O–H groups in total. The zero-order chi connectivity index (χ0) is 30.2. The van der Waals surface area contributed by atoms with Crippen molar-refractivity contribution >= 4 is 29.2 Å². The number of aliphatic hydroxyl groups excluding tert-OH is 1. The maximum absolute atomic E-state index is 13.1. The van der Waals surface area contributed by atoms with Crippen LogP contribution in [0.15, 0.2) is 53.7 Å². The van der Waals surface area contributed by atoms with Gasteiger partial charge in [0.15, 0.2) is 23.6 Å². The van der Waals surface area contributed by atoms with Crippen LogP contribution in [0, 0.1) is 5.92 Å². The smallest absolute Gasteiger partial charge is 0.382 e. The summed E-state index contributed by atoms with van der Waals surface area (Å²) in [5.74, 6) is -0.810. The fourth-order valence-corrected chi connectivity index (χ4v) is 4.52. The van der Waals surface area contributed by atoms with Gasteiger partial charge in [-0.2, -0.15) is 13.2 Å². The van der Waals surface area contributed by atoms with Crippen molar-refractivity contribution < 1.29 is 27.9 Å². The summed E-state index contributed by atoms with van der Waals surface area (Å²) in [4.78, 5) is 46.0. The van der Waals surface area contributed by atoms with Gasteiger partial charge in [0, 0.05) is 23.2 Å².